The first-order valence-corrected chi connectivity index (χ1v) is 7.45. The lowest BCUT2D eigenvalue weighted by Crippen LogP contribution is -2.48. The lowest BCUT2D eigenvalue weighted by atomic mass is 10.1. The molecule has 2 amide bonds. The molecule has 1 rings (SSSR count). The minimum Gasteiger partial charge on any atom is -0.444 e. The van der Waals surface area contributed by atoms with Crippen LogP contribution in [-0.4, -0.2) is 41.1 Å². The number of rotatable bonds is 3. The van der Waals surface area contributed by atoms with Gasteiger partial charge in [0.2, 0.25) is 5.91 Å². The summed E-state index contributed by atoms with van der Waals surface area (Å²) in [5, 5.41) is 2.91. The van der Waals surface area contributed by atoms with Crippen molar-refractivity contribution in [3.63, 3.8) is 0 Å². The normalized spacial score (nSPS) is 23.1. The molecule has 1 fully saturated rings. The van der Waals surface area contributed by atoms with E-state index in [-0.39, 0.29) is 23.9 Å². The smallest absolute Gasteiger partial charge is 0.407 e. The van der Waals surface area contributed by atoms with Crippen molar-refractivity contribution in [1.29, 1.82) is 0 Å². The molecule has 1 aliphatic rings. The fourth-order valence-electron chi connectivity index (χ4n) is 2.59. The zero-order valence-corrected chi connectivity index (χ0v) is 13.5. The van der Waals surface area contributed by atoms with Crippen LogP contribution < -0.4 is 5.32 Å². The Bertz CT molecular complexity index is 361. The van der Waals surface area contributed by atoms with Gasteiger partial charge >= 0.3 is 6.09 Å². The average molecular weight is 284 g/mol. The van der Waals surface area contributed by atoms with Gasteiger partial charge in [0.25, 0.3) is 0 Å². The van der Waals surface area contributed by atoms with Crippen molar-refractivity contribution in [2.45, 2.75) is 72.1 Å². The van der Waals surface area contributed by atoms with Gasteiger partial charge in [-0.1, -0.05) is 20.8 Å². The summed E-state index contributed by atoms with van der Waals surface area (Å²) in [6.45, 7) is 12.1. The SMILES string of the molecule is CCC1[C@H](NC(=O)OC(C)(C)C)CCN1C(=O)C(C)C. The fourth-order valence-corrected chi connectivity index (χ4v) is 2.59. The summed E-state index contributed by atoms with van der Waals surface area (Å²) in [5.74, 6) is 0.148. The van der Waals surface area contributed by atoms with Gasteiger partial charge in [0.1, 0.15) is 5.60 Å². The number of amides is 2. The number of carbonyl (C=O) groups excluding carboxylic acids is 2. The number of nitrogens with zero attached hydrogens (tertiary/aromatic N) is 1. The van der Waals surface area contributed by atoms with Crippen molar-refractivity contribution in [3.05, 3.63) is 0 Å². The van der Waals surface area contributed by atoms with Crippen LogP contribution in [0.5, 0.6) is 0 Å². The Morgan fingerprint density at radius 2 is 1.95 bits per heavy atom. The van der Waals surface area contributed by atoms with E-state index in [0.29, 0.717) is 6.54 Å². The number of hydrogen-bond donors (Lipinski definition) is 1. The van der Waals surface area contributed by atoms with Crippen molar-refractivity contribution in [2.75, 3.05) is 6.54 Å². The predicted molar refractivity (Wildman–Crippen MR) is 78.4 cm³/mol. The summed E-state index contributed by atoms with van der Waals surface area (Å²) >= 11 is 0. The van der Waals surface area contributed by atoms with E-state index in [2.05, 4.69) is 5.32 Å². The Hall–Kier alpha value is -1.26. The number of carbonyl (C=O) groups is 2. The van der Waals surface area contributed by atoms with Gasteiger partial charge in [0.15, 0.2) is 0 Å². The zero-order valence-electron chi connectivity index (χ0n) is 13.5. The number of hydrogen-bond acceptors (Lipinski definition) is 3. The largest absolute Gasteiger partial charge is 0.444 e. The summed E-state index contributed by atoms with van der Waals surface area (Å²) in [4.78, 5) is 25.9. The molecule has 1 aliphatic heterocycles. The molecule has 0 bridgehead atoms. The van der Waals surface area contributed by atoms with Crippen molar-refractivity contribution in [3.8, 4) is 0 Å². The van der Waals surface area contributed by atoms with Crippen LogP contribution in [0.3, 0.4) is 0 Å². The van der Waals surface area contributed by atoms with Gasteiger partial charge in [-0.2, -0.15) is 0 Å². The third-order valence-electron chi connectivity index (χ3n) is 3.44. The molecular weight excluding hydrogens is 256 g/mol. The molecule has 0 radical (unpaired) electrons. The van der Waals surface area contributed by atoms with Crippen molar-refractivity contribution < 1.29 is 14.3 Å². The van der Waals surface area contributed by atoms with Gasteiger partial charge in [0, 0.05) is 12.5 Å². The Labute approximate surface area is 122 Å². The Morgan fingerprint density at radius 1 is 1.35 bits per heavy atom. The summed E-state index contributed by atoms with van der Waals surface area (Å²) < 4.78 is 5.28. The van der Waals surface area contributed by atoms with Crippen molar-refractivity contribution in [1.82, 2.24) is 10.2 Å². The third kappa shape index (κ3) is 4.39. The molecular formula is C15H28N2O3. The van der Waals surface area contributed by atoms with Crippen LogP contribution in [0.25, 0.3) is 0 Å². The second-order valence-electron chi connectivity index (χ2n) is 6.70. The summed E-state index contributed by atoms with van der Waals surface area (Å²) in [5.41, 5.74) is -0.502. The summed E-state index contributed by atoms with van der Waals surface area (Å²) in [6, 6.07) is 0.0509. The first-order chi connectivity index (χ1) is 9.15. The van der Waals surface area contributed by atoms with E-state index >= 15 is 0 Å². The van der Waals surface area contributed by atoms with E-state index in [0.717, 1.165) is 12.8 Å². The molecule has 2 atom stereocenters. The van der Waals surface area contributed by atoms with E-state index in [1.54, 1.807) is 0 Å². The average Bonchev–Trinajstić information content (AvgIpc) is 2.67. The van der Waals surface area contributed by atoms with Crippen LogP contribution in [0.2, 0.25) is 0 Å². The Balaban J connectivity index is 2.64. The lowest BCUT2D eigenvalue weighted by molar-refractivity contribution is -0.135. The van der Waals surface area contributed by atoms with Gasteiger partial charge in [-0.15, -0.1) is 0 Å². The Kier molecular flexibility index (Phi) is 5.42. The number of ether oxygens (including phenoxy) is 1. The van der Waals surface area contributed by atoms with Gasteiger partial charge in [0.05, 0.1) is 12.1 Å². The summed E-state index contributed by atoms with van der Waals surface area (Å²) in [7, 11) is 0. The van der Waals surface area contributed by atoms with Crippen LogP contribution in [0.15, 0.2) is 0 Å². The third-order valence-corrected chi connectivity index (χ3v) is 3.44. The number of alkyl carbamates (subject to hydrolysis) is 1. The molecule has 116 valence electrons. The highest BCUT2D eigenvalue weighted by molar-refractivity contribution is 5.79. The highest BCUT2D eigenvalue weighted by atomic mass is 16.6. The van der Waals surface area contributed by atoms with Crippen LogP contribution in [-0.2, 0) is 9.53 Å². The van der Waals surface area contributed by atoms with Crippen LogP contribution in [0, 0.1) is 5.92 Å². The van der Waals surface area contributed by atoms with E-state index in [9.17, 15) is 9.59 Å². The Morgan fingerprint density at radius 3 is 2.40 bits per heavy atom. The molecule has 0 aliphatic carbocycles. The monoisotopic (exact) mass is 284 g/mol. The van der Waals surface area contributed by atoms with Gasteiger partial charge in [-0.05, 0) is 33.6 Å². The highest BCUT2D eigenvalue weighted by Gasteiger charge is 2.37. The molecule has 5 heteroatoms. The van der Waals surface area contributed by atoms with E-state index in [4.69, 9.17) is 4.74 Å². The molecule has 0 aromatic heterocycles. The molecule has 0 aromatic rings. The first-order valence-electron chi connectivity index (χ1n) is 7.45. The highest BCUT2D eigenvalue weighted by Crippen LogP contribution is 2.23. The molecule has 0 saturated carbocycles. The maximum absolute atomic E-state index is 12.2. The minimum atomic E-state index is -0.502. The number of likely N-dealkylation sites (tertiary alicyclic amines) is 1. The lowest BCUT2D eigenvalue weighted by Gasteiger charge is -2.29. The molecule has 0 spiro atoms. The second-order valence-corrected chi connectivity index (χ2v) is 6.70. The van der Waals surface area contributed by atoms with E-state index in [1.165, 1.54) is 0 Å². The van der Waals surface area contributed by atoms with Gasteiger partial charge < -0.3 is 15.0 Å². The molecule has 1 unspecified atom stereocenters. The second kappa shape index (κ2) is 6.46. The van der Waals surface area contributed by atoms with E-state index in [1.807, 2.05) is 46.4 Å². The molecule has 1 N–H and O–H groups in total. The van der Waals surface area contributed by atoms with Crippen LogP contribution >= 0.6 is 0 Å². The molecule has 20 heavy (non-hydrogen) atoms. The summed E-state index contributed by atoms with van der Waals surface area (Å²) in [6.07, 6.45) is 1.22. The molecule has 1 heterocycles. The maximum Gasteiger partial charge on any atom is 0.407 e. The predicted octanol–water partition coefficient (Wildman–Crippen LogP) is 2.55. The van der Waals surface area contributed by atoms with Gasteiger partial charge in [-0.3, -0.25) is 4.79 Å². The van der Waals surface area contributed by atoms with Crippen molar-refractivity contribution >= 4 is 12.0 Å². The fraction of sp³-hybridized carbons (Fsp3) is 0.867. The maximum atomic E-state index is 12.2. The minimum absolute atomic E-state index is 0.00988. The molecule has 0 aromatic carbocycles. The van der Waals surface area contributed by atoms with Gasteiger partial charge in [-0.25, -0.2) is 4.79 Å². The van der Waals surface area contributed by atoms with E-state index < -0.39 is 11.7 Å². The van der Waals surface area contributed by atoms with Crippen LogP contribution in [0.4, 0.5) is 4.79 Å². The van der Waals surface area contributed by atoms with Crippen molar-refractivity contribution in [2.24, 2.45) is 5.92 Å². The topological polar surface area (TPSA) is 58.6 Å². The standard InChI is InChI=1S/C15H28N2O3/c1-7-12-11(16-14(19)20-15(4,5)6)8-9-17(12)13(18)10(2)3/h10-12H,7-9H2,1-6H3,(H,16,19)/t11-,12?/m1/s1. The molecule has 5 nitrogen and oxygen atoms in total. The first kappa shape index (κ1) is 16.8. The molecule has 1 saturated heterocycles. The van der Waals surface area contributed by atoms with Crippen LogP contribution in [0.1, 0.15) is 54.4 Å². The quantitative estimate of drug-likeness (QED) is 0.866. The zero-order chi connectivity index (χ0) is 15.5. The number of nitrogens with one attached hydrogen (secondary N) is 1.